The zero-order chi connectivity index (χ0) is 15.2. The van der Waals surface area contributed by atoms with Crippen LogP contribution in [0.2, 0.25) is 0 Å². The van der Waals surface area contributed by atoms with Gasteiger partial charge in [-0.15, -0.1) is 0 Å². The lowest BCUT2D eigenvalue weighted by Crippen LogP contribution is -2.10. The van der Waals surface area contributed by atoms with Crippen molar-refractivity contribution in [3.63, 3.8) is 0 Å². The molecule has 0 aromatic heterocycles. The summed E-state index contributed by atoms with van der Waals surface area (Å²) in [7, 11) is 0. The van der Waals surface area contributed by atoms with Crippen LogP contribution in [0.3, 0.4) is 0 Å². The number of ether oxygens (including phenoxy) is 1. The molecule has 0 saturated carbocycles. The normalized spacial score (nSPS) is 11.9. The monoisotopic (exact) mass is 287 g/mol. The van der Waals surface area contributed by atoms with Gasteiger partial charge < -0.3 is 9.84 Å². The fourth-order valence-corrected chi connectivity index (χ4v) is 1.99. The predicted molar refractivity (Wildman–Crippen MR) is 79.4 cm³/mol. The third-order valence-electron chi connectivity index (χ3n) is 3.21. The Hall–Kier alpha value is -2.40. The SMILES string of the molecule is CCc1ccc(OCC(O)c2ccccc2)c([N+](=O)[O-])c1. The molecule has 110 valence electrons. The number of hydrogen-bond acceptors (Lipinski definition) is 4. The molecule has 5 nitrogen and oxygen atoms in total. The van der Waals surface area contributed by atoms with Gasteiger partial charge >= 0.3 is 5.69 Å². The zero-order valence-electron chi connectivity index (χ0n) is 11.7. The van der Waals surface area contributed by atoms with Crippen molar-refractivity contribution in [2.45, 2.75) is 19.4 Å². The van der Waals surface area contributed by atoms with Crippen molar-refractivity contribution in [3.05, 3.63) is 69.8 Å². The van der Waals surface area contributed by atoms with Crippen LogP contribution in [0.1, 0.15) is 24.2 Å². The number of aliphatic hydroxyl groups is 1. The van der Waals surface area contributed by atoms with Gasteiger partial charge in [0.15, 0.2) is 5.75 Å². The molecule has 2 aromatic rings. The first kappa shape index (κ1) is 15.0. The third-order valence-corrected chi connectivity index (χ3v) is 3.21. The van der Waals surface area contributed by atoms with Gasteiger partial charge in [0.25, 0.3) is 0 Å². The highest BCUT2D eigenvalue weighted by atomic mass is 16.6. The third kappa shape index (κ3) is 3.79. The van der Waals surface area contributed by atoms with Gasteiger partial charge in [0, 0.05) is 6.07 Å². The Labute approximate surface area is 123 Å². The molecule has 0 aliphatic carbocycles. The molecule has 2 rings (SSSR count). The Balaban J connectivity index is 2.11. The van der Waals surface area contributed by atoms with Crippen LogP contribution in [-0.2, 0) is 6.42 Å². The number of nitro benzene ring substituents is 1. The lowest BCUT2D eigenvalue weighted by Gasteiger charge is -2.13. The van der Waals surface area contributed by atoms with E-state index in [1.165, 1.54) is 6.07 Å². The minimum Gasteiger partial charge on any atom is -0.484 e. The Kier molecular flexibility index (Phi) is 4.90. The molecular formula is C16H17NO4. The molecule has 0 bridgehead atoms. The second kappa shape index (κ2) is 6.85. The van der Waals surface area contributed by atoms with Gasteiger partial charge in [-0.3, -0.25) is 10.1 Å². The molecule has 0 radical (unpaired) electrons. The molecule has 2 aromatic carbocycles. The van der Waals surface area contributed by atoms with Crippen LogP contribution in [0.4, 0.5) is 5.69 Å². The van der Waals surface area contributed by atoms with Gasteiger partial charge in [0.1, 0.15) is 12.7 Å². The van der Waals surface area contributed by atoms with E-state index < -0.39 is 11.0 Å². The van der Waals surface area contributed by atoms with Crippen LogP contribution in [0, 0.1) is 10.1 Å². The number of nitro groups is 1. The molecule has 0 spiro atoms. The predicted octanol–water partition coefficient (Wildman–Crippen LogP) is 3.27. The summed E-state index contributed by atoms with van der Waals surface area (Å²) in [5.74, 6) is 0.173. The van der Waals surface area contributed by atoms with E-state index in [4.69, 9.17) is 4.74 Å². The first-order valence-corrected chi connectivity index (χ1v) is 6.75. The molecule has 1 atom stereocenters. The minimum absolute atomic E-state index is 0.0314. The summed E-state index contributed by atoms with van der Waals surface area (Å²) >= 11 is 0. The standard InChI is InChI=1S/C16H17NO4/c1-2-12-8-9-16(14(10-12)17(19)20)21-11-15(18)13-6-4-3-5-7-13/h3-10,15,18H,2,11H2,1H3. The molecule has 1 unspecified atom stereocenters. The molecule has 0 saturated heterocycles. The molecular weight excluding hydrogens is 270 g/mol. The Morgan fingerprint density at radius 1 is 1.24 bits per heavy atom. The summed E-state index contributed by atoms with van der Waals surface area (Å²) in [6.45, 7) is 1.90. The van der Waals surface area contributed by atoms with E-state index in [9.17, 15) is 15.2 Å². The molecule has 0 amide bonds. The van der Waals surface area contributed by atoms with Crippen molar-refractivity contribution < 1.29 is 14.8 Å². The lowest BCUT2D eigenvalue weighted by molar-refractivity contribution is -0.386. The summed E-state index contributed by atoms with van der Waals surface area (Å²) in [4.78, 5) is 10.6. The second-order valence-corrected chi connectivity index (χ2v) is 4.65. The van der Waals surface area contributed by atoms with Gasteiger partial charge in [0.2, 0.25) is 0 Å². The first-order valence-electron chi connectivity index (χ1n) is 6.75. The average Bonchev–Trinajstić information content (AvgIpc) is 2.53. The van der Waals surface area contributed by atoms with E-state index in [0.717, 1.165) is 5.56 Å². The van der Waals surface area contributed by atoms with Gasteiger partial charge in [-0.05, 0) is 23.6 Å². The smallest absolute Gasteiger partial charge is 0.311 e. The number of hydrogen-bond donors (Lipinski definition) is 1. The lowest BCUT2D eigenvalue weighted by atomic mass is 10.1. The highest BCUT2D eigenvalue weighted by Crippen LogP contribution is 2.29. The fraction of sp³-hybridized carbons (Fsp3) is 0.250. The van der Waals surface area contributed by atoms with E-state index in [1.54, 1.807) is 24.3 Å². The maximum absolute atomic E-state index is 11.1. The Morgan fingerprint density at radius 2 is 1.95 bits per heavy atom. The molecule has 0 fully saturated rings. The summed E-state index contributed by atoms with van der Waals surface area (Å²) in [6, 6.07) is 13.9. The summed E-state index contributed by atoms with van der Waals surface area (Å²) in [5.41, 5.74) is 1.51. The summed E-state index contributed by atoms with van der Waals surface area (Å²) < 4.78 is 5.42. The fourth-order valence-electron chi connectivity index (χ4n) is 1.99. The number of nitrogens with zero attached hydrogens (tertiary/aromatic N) is 1. The van der Waals surface area contributed by atoms with Crippen molar-refractivity contribution in [2.75, 3.05) is 6.61 Å². The molecule has 0 heterocycles. The number of aryl methyl sites for hydroxylation is 1. The van der Waals surface area contributed by atoms with Gasteiger partial charge in [-0.2, -0.15) is 0 Å². The van der Waals surface area contributed by atoms with Crippen LogP contribution in [0.15, 0.2) is 48.5 Å². The summed E-state index contributed by atoms with van der Waals surface area (Å²) in [6.07, 6.45) is -0.107. The molecule has 21 heavy (non-hydrogen) atoms. The topological polar surface area (TPSA) is 72.6 Å². The summed E-state index contributed by atoms with van der Waals surface area (Å²) in [5, 5.41) is 21.1. The van der Waals surface area contributed by atoms with Crippen LogP contribution >= 0.6 is 0 Å². The minimum atomic E-state index is -0.823. The maximum Gasteiger partial charge on any atom is 0.311 e. The zero-order valence-corrected chi connectivity index (χ0v) is 11.7. The molecule has 0 aliphatic heterocycles. The highest BCUT2D eigenvalue weighted by Gasteiger charge is 2.17. The van der Waals surface area contributed by atoms with E-state index in [2.05, 4.69) is 0 Å². The van der Waals surface area contributed by atoms with Crippen molar-refractivity contribution in [1.29, 1.82) is 0 Å². The largest absolute Gasteiger partial charge is 0.484 e. The van der Waals surface area contributed by atoms with E-state index in [-0.39, 0.29) is 18.0 Å². The number of benzene rings is 2. The quantitative estimate of drug-likeness (QED) is 0.653. The Bertz CT molecular complexity index is 613. The van der Waals surface area contributed by atoms with E-state index in [0.29, 0.717) is 12.0 Å². The molecule has 0 aliphatic rings. The van der Waals surface area contributed by atoms with Crippen molar-refractivity contribution in [1.82, 2.24) is 0 Å². The van der Waals surface area contributed by atoms with Crippen molar-refractivity contribution >= 4 is 5.69 Å². The second-order valence-electron chi connectivity index (χ2n) is 4.65. The van der Waals surface area contributed by atoms with Gasteiger partial charge in [-0.1, -0.05) is 43.3 Å². The highest BCUT2D eigenvalue weighted by molar-refractivity contribution is 5.48. The van der Waals surface area contributed by atoms with Crippen molar-refractivity contribution in [2.24, 2.45) is 0 Å². The van der Waals surface area contributed by atoms with Crippen LogP contribution in [0.5, 0.6) is 5.75 Å². The first-order chi connectivity index (χ1) is 10.1. The molecule has 5 heteroatoms. The van der Waals surface area contributed by atoms with Crippen LogP contribution < -0.4 is 4.74 Å². The molecule has 1 N–H and O–H groups in total. The van der Waals surface area contributed by atoms with Crippen LogP contribution in [-0.4, -0.2) is 16.6 Å². The number of aliphatic hydroxyl groups excluding tert-OH is 1. The van der Waals surface area contributed by atoms with E-state index >= 15 is 0 Å². The van der Waals surface area contributed by atoms with Crippen LogP contribution in [0.25, 0.3) is 0 Å². The average molecular weight is 287 g/mol. The van der Waals surface area contributed by atoms with Gasteiger partial charge in [-0.25, -0.2) is 0 Å². The number of rotatable bonds is 6. The van der Waals surface area contributed by atoms with Gasteiger partial charge in [0.05, 0.1) is 4.92 Å². The van der Waals surface area contributed by atoms with E-state index in [1.807, 2.05) is 25.1 Å². The Morgan fingerprint density at radius 3 is 2.57 bits per heavy atom. The maximum atomic E-state index is 11.1. The van der Waals surface area contributed by atoms with Crippen molar-refractivity contribution in [3.8, 4) is 5.75 Å².